The predicted octanol–water partition coefficient (Wildman–Crippen LogP) is 2.33. The number of hydrogen-bond acceptors (Lipinski definition) is 6. The maximum absolute atomic E-state index is 12.6. The van der Waals surface area contributed by atoms with Gasteiger partial charge in [-0.15, -0.1) is 5.10 Å². The second kappa shape index (κ2) is 5.89. The molecule has 4 rings (SSSR count). The number of pyridine rings is 1. The van der Waals surface area contributed by atoms with Gasteiger partial charge in [0, 0.05) is 25.5 Å². The summed E-state index contributed by atoms with van der Waals surface area (Å²) in [5.74, 6) is 0.477. The Morgan fingerprint density at radius 3 is 2.75 bits per heavy atom. The molecule has 7 heteroatoms. The Balaban J connectivity index is 1.36. The van der Waals surface area contributed by atoms with Gasteiger partial charge in [0.05, 0.1) is 5.56 Å². The minimum absolute atomic E-state index is 0.0895. The molecule has 2 aromatic heterocycles. The molecule has 1 unspecified atom stereocenters. The number of amides is 1. The summed E-state index contributed by atoms with van der Waals surface area (Å²) in [7, 11) is 0. The van der Waals surface area contributed by atoms with Crippen molar-refractivity contribution in [3.8, 4) is 11.5 Å². The summed E-state index contributed by atoms with van der Waals surface area (Å²) in [6.07, 6.45) is 8.29. The third-order valence-electron chi connectivity index (χ3n) is 5.14. The molecule has 7 nitrogen and oxygen atoms in total. The molecule has 0 bridgehead atoms. The predicted molar refractivity (Wildman–Crippen MR) is 88.1 cm³/mol. The van der Waals surface area contributed by atoms with Gasteiger partial charge < -0.3 is 14.6 Å². The number of nitrogens with zero attached hydrogens (tertiary/aromatic N) is 4. The third kappa shape index (κ3) is 2.98. The van der Waals surface area contributed by atoms with Crippen LogP contribution in [-0.4, -0.2) is 45.1 Å². The standard InChI is InChI=1S/C17H21N5O2/c1-12(15(23)22-9-6-17(4-5-17)7-10-22)19-16-21-20-14(24-16)13-3-2-8-18-11-13/h2-3,8,11-12H,4-7,9-10H2,1H3,(H,19,21). The molecule has 0 radical (unpaired) electrons. The summed E-state index contributed by atoms with van der Waals surface area (Å²) < 4.78 is 5.58. The minimum atomic E-state index is -0.388. The lowest BCUT2D eigenvalue weighted by Crippen LogP contribution is -2.45. The van der Waals surface area contributed by atoms with Crippen LogP contribution in [0.5, 0.6) is 0 Å². The topological polar surface area (TPSA) is 84.1 Å². The van der Waals surface area contributed by atoms with Gasteiger partial charge in [-0.05, 0) is 50.2 Å². The summed E-state index contributed by atoms with van der Waals surface area (Å²) in [5.41, 5.74) is 1.32. The molecule has 1 aliphatic carbocycles. The number of carbonyl (C=O) groups is 1. The van der Waals surface area contributed by atoms with E-state index in [1.165, 1.54) is 12.8 Å². The molecule has 0 aromatic carbocycles. The van der Waals surface area contributed by atoms with E-state index in [-0.39, 0.29) is 18.0 Å². The zero-order valence-corrected chi connectivity index (χ0v) is 13.7. The first-order valence-corrected chi connectivity index (χ1v) is 8.44. The maximum Gasteiger partial charge on any atom is 0.316 e. The SMILES string of the molecule is CC(Nc1nnc(-c2cccnc2)o1)C(=O)N1CCC2(CC1)CC2. The highest BCUT2D eigenvalue weighted by Crippen LogP contribution is 2.53. The molecule has 3 heterocycles. The van der Waals surface area contributed by atoms with Crippen LogP contribution in [0.3, 0.4) is 0 Å². The van der Waals surface area contributed by atoms with E-state index in [1.807, 2.05) is 24.0 Å². The molecular formula is C17H21N5O2. The van der Waals surface area contributed by atoms with Gasteiger partial charge in [0.15, 0.2) is 0 Å². The fourth-order valence-electron chi connectivity index (χ4n) is 3.29. The van der Waals surface area contributed by atoms with E-state index in [2.05, 4.69) is 20.5 Å². The van der Waals surface area contributed by atoms with Crippen molar-refractivity contribution in [2.75, 3.05) is 18.4 Å². The van der Waals surface area contributed by atoms with Crippen LogP contribution in [0.15, 0.2) is 28.9 Å². The van der Waals surface area contributed by atoms with Gasteiger partial charge in [-0.1, -0.05) is 5.10 Å². The molecular weight excluding hydrogens is 306 g/mol. The van der Waals surface area contributed by atoms with E-state index >= 15 is 0 Å². The van der Waals surface area contributed by atoms with Gasteiger partial charge in [0.25, 0.3) is 5.89 Å². The highest BCUT2D eigenvalue weighted by Gasteiger charge is 2.45. The average molecular weight is 327 g/mol. The number of rotatable bonds is 4. The Morgan fingerprint density at radius 2 is 2.08 bits per heavy atom. The summed E-state index contributed by atoms with van der Waals surface area (Å²) in [6.45, 7) is 3.54. The quantitative estimate of drug-likeness (QED) is 0.928. The minimum Gasteiger partial charge on any atom is -0.403 e. The fourth-order valence-corrected chi connectivity index (χ4v) is 3.29. The lowest BCUT2D eigenvalue weighted by atomic mass is 9.93. The van der Waals surface area contributed by atoms with Crippen molar-refractivity contribution in [1.82, 2.24) is 20.1 Å². The largest absolute Gasteiger partial charge is 0.403 e. The third-order valence-corrected chi connectivity index (χ3v) is 5.14. The van der Waals surface area contributed by atoms with E-state index in [4.69, 9.17) is 4.42 Å². The van der Waals surface area contributed by atoms with E-state index in [1.54, 1.807) is 12.4 Å². The normalized spacial score (nSPS) is 20.0. The van der Waals surface area contributed by atoms with Crippen molar-refractivity contribution in [3.05, 3.63) is 24.5 Å². The van der Waals surface area contributed by atoms with Gasteiger partial charge >= 0.3 is 6.01 Å². The van der Waals surface area contributed by atoms with Gasteiger partial charge in [-0.25, -0.2) is 0 Å². The van der Waals surface area contributed by atoms with Crippen LogP contribution in [0.25, 0.3) is 11.5 Å². The maximum atomic E-state index is 12.6. The van der Waals surface area contributed by atoms with E-state index in [0.717, 1.165) is 31.5 Å². The molecule has 1 spiro atoms. The van der Waals surface area contributed by atoms with E-state index in [9.17, 15) is 4.79 Å². The molecule has 1 amide bonds. The number of piperidine rings is 1. The first-order chi connectivity index (χ1) is 11.7. The van der Waals surface area contributed by atoms with Crippen LogP contribution in [0.1, 0.15) is 32.6 Å². The summed E-state index contributed by atoms with van der Waals surface area (Å²) in [4.78, 5) is 18.5. The van der Waals surface area contributed by atoms with Crippen LogP contribution in [0.4, 0.5) is 6.01 Å². The van der Waals surface area contributed by atoms with E-state index < -0.39 is 0 Å². The first-order valence-electron chi connectivity index (χ1n) is 8.44. The second-order valence-corrected chi connectivity index (χ2v) is 6.85. The molecule has 1 aliphatic heterocycles. The van der Waals surface area contributed by atoms with Crippen LogP contribution < -0.4 is 5.32 Å². The number of carbonyl (C=O) groups excluding carboxylic acids is 1. The molecule has 2 aliphatic rings. The second-order valence-electron chi connectivity index (χ2n) is 6.85. The van der Waals surface area contributed by atoms with Crippen LogP contribution in [0.2, 0.25) is 0 Å². The van der Waals surface area contributed by atoms with Crippen LogP contribution >= 0.6 is 0 Å². The van der Waals surface area contributed by atoms with Gasteiger partial charge in [0.1, 0.15) is 6.04 Å². The highest BCUT2D eigenvalue weighted by molar-refractivity contribution is 5.83. The number of nitrogens with one attached hydrogen (secondary N) is 1. The molecule has 1 N–H and O–H groups in total. The monoisotopic (exact) mass is 327 g/mol. The molecule has 24 heavy (non-hydrogen) atoms. The van der Waals surface area contributed by atoms with Crippen molar-refractivity contribution in [2.45, 2.75) is 38.6 Å². The Hall–Kier alpha value is -2.44. The molecule has 2 fully saturated rings. The number of likely N-dealkylation sites (tertiary alicyclic amines) is 1. The Bertz CT molecular complexity index is 716. The molecule has 1 saturated carbocycles. The Labute approximate surface area is 140 Å². The van der Waals surface area contributed by atoms with E-state index in [0.29, 0.717) is 11.3 Å². The van der Waals surface area contributed by atoms with Crippen molar-refractivity contribution >= 4 is 11.9 Å². The number of hydrogen-bond donors (Lipinski definition) is 1. The molecule has 126 valence electrons. The van der Waals surface area contributed by atoms with Gasteiger partial charge in [-0.3, -0.25) is 9.78 Å². The van der Waals surface area contributed by atoms with Crippen molar-refractivity contribution in [2.24, 2.45) is 5.41 Å². The van der Waals surface area contributed by atoms with Crippen molar-refractivity contribution < 1.29 is 9.21 Å². The summed E-state index contributed by atoms with van der Waals surface area (Å²) in [6, 6.07) is 3.52. The fraction of sp³-hybridized carbons (Fsp3) is 0.529. The molecule has 2 aromatic rings. The first kappa shape index (κ1) is 15.1. The lowest BCUT2D eigenvalue weighted by molar-refractivity contribution is -0.133. The number of aromatic nitrogens is 3. The zero-order chi connectivity index (χ0) is 16.6. The van der Waals surface area contributed by atoms with Gasteiger partial charge in [-0.2, -0.15) is 0 Å². The molecule has 1 saturated heterocycles. The Morgan fingerprint density at radius 1 is 1.29 bits per heavy atom. The molecule has 1 atom stereocenters. The zero-order valence-electron chi connectivity index (χ0n) is 13.7. The number of anilines is 1. The summed E-state index contributed by atoms with van der Waals surface area (Å²) in [5, 5.41) is 11.0. The van der Waals surface area contributed by atoms with Gasteiger partial charge in [0.2, 0.25) is 5.91 Å². The van der Waals surface area contributed by atoms with Crippen molar-refractivity contribution in [1.29, 1.82) is 0 Å². The Kier molecular flexibility index (Phi) is 3.70. The highest BCUT2D eigenvalue weighted by atomic mass is 16.4. The van der Waals surface area contributed by atoms with Crippen molar-refractivity contribution in [3.63, 3.8) is 0 Å². The lowest BCUT2D eigenvalue weighted by Gasteiger charge is -2.33. The average Bonchev–Trinajstić information content (AvgIpc) is 3.20. The van der Waals surface area contributed by atoms with Crippen LogP contribution in [-0.2, 0) is 4.79 Å². The smallest absolute Gasteiger partial charge is 0.316 e. The summed E-state index contributed by atoms with van der Waals surface area (Å²) >= 11 is 0. The van der Waals surface area contributed by atoms with Crippen LogP contribution in [0, 0.1) is 5.41 Å².